The lowest BCUT2D eigenvalue weighted by atomic mass is 10.0. The highest BCUT2D eigenvalue weighted by Crippen LogP contribution is 2.41. The van der Waals surface area contributed by atoms with Gasteiger partial charge in [0.15, 0.2) is 16.8 Å². The number of hydrogen-bond donors (Lipinski definition) is 0. The van der Waals surface area contributed by atoms with E-state index >= 15 is 0 Å². The monoisotopic (exact) mass is 378 g/mol. The predicted octanol–water partition coefficient (Wildman–Crippen LogP) is 4.66. The van der Waals surface area contributed by atoms with Crippen molar-refractivity contribution in [2.24, 2.45) is 0 Å². The lowest BCUT2D eigenvalue weighted by Gasteiger charge is -2.13. The van der Waals surface area contributed by atoms with Crippen molar-refractivity contribution in [1.82, 2.24) is 19.7 Å². The largest absolute Gasteiger partial charge is 0.299 e. The number of pyridine rings is 1. The summed E-state index contributed by atoms with van der Waals surface area (Å²) in [5.74, 6) is 0.954. The summed E-state index contributed by atoms with van der Waals surface area (Å²) >= 11 is 1.49. The first-order chi connectivity index (χ1) is 13.0. The van der Waals surface area contributed by atoms with E-state index in [9.17, 15) is 4.79 Å². The highest BCUT2D eigenvalue weighted by atomic mass is 32.2. The first-order valence-electron chi connectivity index (χ1n) is 9.18. The van der Waals surface area contributed by atoms with Gasteiger partial charge in [0.05, 0.1) is 5.25 Å². The molecule has 2 aromatic heterocycles. The van der Waals surface area contributed by atoms with E-state index in [1.54, 1.807) is 12.4 Å². The van der Waals surface area contributed by atoms with Crippen LogP contribution in [0.15, 0.2) is 47.9 Å². The number of thioether (sulfide) groups is 1. The van der Waals surface area contributed by atoms with E-state index in [1.165, 1.54) is 17.3 Å². The van der Waals surface area contributed by atoms with Gasteiger partial charge in [-0.1, -0.05) is 23.9 Å². The summed E-state index contributed by atoms with van der Waals surface area (Å²) in [5.41, 5.74) is 4.04. The van der Waals surface area contributed by atoms with Crippen LogP contribution in [0.2, 0.25) is 0 Å². The standard InChI is InChI=1S/C21H22N4OS/c1-13-6-7-16(11-14(13)2)19(26)15(3)27-21-24-23-20(25(21)18-8-9-18)17-5-4-10-22-12-17/h4-7,10-12,15,18H,8-9H2,1-3H3/t15-/m1/s1. The minimum atomic E-state index is -0.226. The van der Waals surface area contributed by atoms with Crippen LogP contribution in [0.1, 0.15) is 47.3 Å². The summed E-state index contributed by atoms with van der Waals surface area (Å²) in [5, 5.41) is 9.38. The van der Waals surface area contributed by atoms with E-state index < -0.39 is 0 Å². The Morgan fingerprint density at radius 3 is 2.67 bits per heavy atom. The third-order valence-electron chi connectivity index (χ3n) is 4.94. The molecule has 0 radical (unpaired) electrons. The number of aryl methyl sites for hydroxylation is 2. The zero-order valence-corrected chi connectivity index (χ0v) is 16.5. The molecule has 0 saturated heterocycles. The van der Waals surface area contributed by atoms with E-state index in [0.717, 1.165) is 40.5 Å². The Labute approximate surface area is 163 Å². The molecule has 1 aromatic carbocycles. The molecule has 5 nitrogen and oxygen atoms in total. The first-order valence-corrected chi connectivity index (χ1v) is 10.1. The van der Waals surface area contributed by atoms with Gasteiger partial charge in [-0.25, -0.2) is 0 Å². The zero-order chi connectivity index (χ0) is 19.0. The quantitative estimate of drug-likeness (QED) is 0.461. The second-order valence-corrected chi connectivity index (χ2v) is 8.38. The van der Waals surface area contributed by atoms with Gasteiger partial charge in [-0.05, 0) is 62.9 Å². The van der Waals surface area contributed by atoms with Gasteiger partial charge < -0.3 is 0 Å². The minimum absolute atomic E-state index is 0.122. The van der Waals surface area contributed by atoms with E-state index in [4.69, 9.17) is 0 Å². The number of Topliss-reactive ketones (excluding diaryl/α,β-unsaturated/α-hetero) is 1. The van der Waals surface area contributed by atoms with Crippen LogP contribution in [0.25, 0.3) is 11.4 Å². The molecule has 27 heavy (non-hydrogen) atoms. The van der Waals surface area contributed by atoms with Gasteiger partial charge in [0, 0.05) is 29.6 Å². The Morgan fingerprint density at radius 1 is 1.19 bits per heavy atom. The normalized spacial score (nSPS) is 14.9. The number of rotatable bonds is 6. The van der Waals surface area contributed by atoms with Crippen LogP contribution < -0.4 is 0 Å². The van der Waals surface area contributed by atoms with E-state index in [1.807, 2.05) is 44.2 Å². The molecule has 4 rings (SSSR count). The summed E-state index contributed by atoms with van der Waals surface area (Å²) in [7, 11) is 0. The topological polar surface area (TPSA) is 60.7 Å². The van der Waals surface area contributed by atoms with E-state index in [0.29, 0.717) is 6.04 Å². The van der Waals surface area contributed by atoms with Crippen molar-refractivity contribution in [3.63, 3.8) is 0 Å². The van der Waals surface area contributed by atoms with Gasteiger partial charge in [0.25, 0.3) is 0 Å². The van der Waals surface area contributed by atoms with Gasteiger partial charge in [-0.15, -0.1) is 10.2 Å². The fourth-order valence-electron chi connectivity index (χ4n) is 3.05. The second-order valence-electron chi connectivity index (χ2n) is 7.07. The molecule has 138 valence electrons. The van der Waals surface area contributed by atoms with E-state index in [2.05, 4.69) is 26.7 Å². The molecular weight excluding hydrogens is 356 g/mol. The molecule has 1 aliphatic carbocycles. The van der Waals surface area contributed by atoms with Crippen LogP contribution in [-0.2, 0) is 0 Å². The summed E-state index contributed by atoms with van der Waals surface area (Å²) < 4.78 is 2.17. The van der Waals surface area contributed by atoms with Crippen LogP contribution >= 0.6 is 11.8 Å². The van der Waals surface area contributed by atoms with Crippen molar-refractivity contribution < 1.29 is 4.79 Å². The van der Waals surface area contributed by atoms with Gasteiger partial charge in [0.2, 0.25) is 0 Å². The van der Waals surface area contributed by atoms with Crippen LogP contribution in [0, 0.1) is 13.8 Å². The molecule has 2 heterocycles. The molecule has 1 saturated carbocycles. The lowest BCUT2D eigenvalue weighted by Crippen LogP contribution is -2.15. The molecule has 0 amide bonds. The molecule has 1 aliphatic rings. The molecule has 3 aromatic rings. The highest BCUT2D eigenvalue weighted by Gasteiger charge is 2.31. The van der Waals surface area contributed by atoms with Crippen LogP contribution in [0.4, 0.5) is 0 Å². The maximum Gasteiger partial charge on any atom is 0.192 e. The zero-order valence-electron chi connectivity index (χ0n) is 15.7. The maximum absolute atomic E-state index is 12.9. The average molecular weight is 379 g/mol. The Bertz CT molecular complexity index is 979. The molecule has 0 unspecified atom stereocenters. The first kappa shape index (κ1) is 17.9. The van der Waals surface area contributed by atoms with Gasteiger partial charge in [-0.2, -0.15) is 0 Å². The number of carbonyl (C=O) groups excluding carboxylic acids is 1. The maximum atomic E-state index is 12.9. The van der Waals surface area contributed by atoms with Crippen molar-refractivity contribution in [2.75, 3.05) is 0 Å². The Balaban J connectivity index is 1.60. The Morgan fingerprint density at radius 2 is 2.00 bits per heavy atom. The summed E-state index contributed by atoms with van der Waals surface area (Å²) in [6.45, 7) is 6.03. The van der Waals surface area contributed by atoms with Crippen LogP contribution in [0.3, 0.4) is 0 Å². The molecule has 0 spiro atoms. The van der Waals surface area contributed by atoms with Gasteiger partial charge in [-0.3, -0.25) is 14.3 Å². The van der Waals surface area contributed by atoms with E-state index in [-0.39, 0.29) is 11.0 Å². The van der Waals surface area contributed by atoms with Crippen LogP contribution in [-0.4, -0.2) is 30.8 Å². The van der Waals surface area contributed by atoms with Gasteiger partial charge >= 0.3 is 0 Å². The molecule has 0 bridgehead atoms. The third-order valence-corrected chi connectivity index (χ3v) is 6.00. The summed E-state index contributed by atoms with van der Waals surface area (Å²) in [6, 6.07) is 10.2. The van der Waals surface area contributed by atoms with Crippen molar-refractivity contribution in [3.05, 3.63) is 59.4 Å². The van der Waals surface area contributed by atoms with Crippen molar-refractivity contribution in [3.8, 4) is 11.4 Å². The molecule has 0 aliphatic heterocycles. The molecular formula is C21H22N4OS. The van der Waals surface area contributed by atoms with Gasteiger partial charge in [0.1, 0.15) is 0 Å². The number of benzene rings is 1. The predicted molar refractivity (Wildman–Crippen MR) is 107 cm³/mol. The Kier molecular flexibility index (Phi) is 4.83. The average Bonchev–Trinajstić information content (AvgIpc) is 3.44. The fourth-order valence-corrected chi connectivity index (χ4v) is 4.05. The SMILES string of the molecule is Cc1ccc(C(=O)[C@@H](C)Sc2nnc(-c3cccnc3)n2C2CC2)cc1C. The number of ketones is 1. The molecule has 0 N–H and O–H groups in total. The minimum Gasteiger partial charge on any atom is -0.299 e. The van der Waals surface area contributed by atoms with Crippen molar-refractivity contribution >= 4 is 17.5 Å². The second kappa shape index (κ2) is 7.27. The number of carbonyl (C=O) groups is 1. The number of hydrogen-bond acceptors (Lipinski definition) is 5. The number of nitrogens with zero attached hydrogens (tertiary/aromatic N) is 4. The smallest absolute Gasteiger partial charge is 0.192 e. The van der Waals surface area contributed by atoms with Crippen molar-refractivity contribution in [1.29, 1.82) is 0 Å². The molecule has 1 atom stereocenters. The highest BCUT2D eigenvalue weighted by molar-refractivity contribution is 8.00. The third kappa shape index (κ3) is 3.67. The Hall–Kier alpha value is -2.47. The number of aromatic nitrogens is 4. The fraction of sp³-hybridized carbons (Fsp3) is 0.333. The lowest BCUT2D eigenvalue weighted by molar-refractivity contribution is 0.0993. The summed E-state index contributed by atoms with van der Waals surface area (Å²) in [6.07, 6.45) is 5.80. The van der Waals surface area contributed by atoms with Crippen LogP contribution in [0.5, 0.6) is 0 Å². The molecule has 6 heteroatoms. The summed E-state index contributed by atoms with van der Waals surface area (Å²) in [4.78, 5) is 17.1. The van der Waals surface area contributed by atoms with Crippen molar-refractivity contribution in [2.45, 2.75) is 50.1 Å². The molecule has 1 fully saturated rings.